The van der Waals surface area contributed by atoms with Crippen molar-refractivity contribution in [2.45, 2.75) is 39.4 Å². The number of esters is 1. The summed E-state index contributed by atoms with van der Waals surface area (Å²) in [5, 5.41) is 4.02. The van der Waals surface area contributed by atoms with Crippen molar-refractivity contribution in [2.24, 2.45) is 0 Å². The molecule has 0 aliphatic rings. The number of carbonyl (C=O) groups is 1. The Labute approximate surface area is 198 Å². The van der Waals surface area contributed by atoms with E-state index in [0.29, 0.717) is 29.4 Å². The maximum atomic E-state index is 12.2. The number of hydrogen-bond acceptors (Lipinski definition) is 9. The average molecular weight is 490 g/mol. The molecule has 1 aromatic heterocycles. The van der Waals surface area contributed by atoms with E-state index in [2.05, 4.69) is 5.16 Å². The number of carbonyl (C=O) groups excluding carboxylic acids is 1. The second-order valence-corrected chi connectivity index (χ2v) is 9.23. The third-order valence-corrected chi connectivity index (χ3v) is 5.38. The molecule has 0 fully saturated rings. The van der Waals surface area contributed by atoms with Crippen molar-refractivity contribution in [3.05, 3.63) is 60.4 Å². The molecule has 0 aliphatic heterocycles. The summed E-state index contributed by atoms with van der Waals surface area (Å²) in [5.41, 5.74) is 0.244. The van der Waals surface area contributed by atoms with Crippen LogP contribution in [0.3, 0.4) is 0 Å². The monoisotopic (exact) mass is 489 g/mol. The highest BCUT2D eigenvalue weighted by Crippen LogP contribution is 2.26. The lowest BCUT2D eigenvalue weighted by atomic mass is 10.0. The van der Waals surface area contributed by atoms with Crippen LogP contribution in [0.1, 0.15) is 33.0 Å². The summed E-state index contributed by atoms with van der Waals surface area (Å²) in [6, 6.07) is 15.1. The zero-order valence-corrected chi connectivity index (χ0v) is 20.3. The molecule has 1 atom stereocenters. The Hall–Kier alpha value is -3.53. The summed E-state index contributed by atoms with van der Waals surface area (Å²) in [6.45, 7) is 5.75. The topological polar surface area (TPSA) is 114 Å². The molecule has 0 N–H and O–H groups in total. The molecule has 3 aromatic rings. The third-order valence-electron chi connectivity index (χ3n) is 4.89. The first kappa shape index (κ1) is 25.1. The predicted molar refractivity (Wildman–Crippen MR) is 124 cm³/mol. The van der Waals surface area contributed by atoms with Gasteiger partial charge < -0.3 is 22.9 Å². The van der Waals surface area contributed by atoms with Crippen LogP contribution >= 0.6 is 0 Å². The highest BCUT2D eigenvalue weighted by atomic mass is 32.2. The van der Waals surface area contributed by atoms with Crippen molar-refractivity contribution in [3.8, 4) is 28.5 Å². The minimum Gasteiger partial charge on any atom is -0.486 e. The van der Waals surface area contributed by atoms with E-state index >= 15 is 0 Å². The molecular formula is C24H27NO8S. The molecule has 0 amide bonds. The Balaban J connectivity index is 1.58. The van der Waals surface area contributed by atoms with Crippen molar-refractivity contribution < 1.29 is 36.1 Å². The van der Waals surface area contributed by atoms with Crippen molar-refractivity contribution >= 4 is 16.1 Å². The second-order valence-electron chi connectivity index (χ2n) is 7.66. The molecule has 2 aromatic carbocycles. The van der Waals surface area contributed by atoms with Crippen LogP contribution in [0, 0.1) is 0 Å². The molecule has 3 rings (SSSR count). The lowest BCUT2D eigenvalue weighted by molar-refractivity contribution is -0.160. The molecule has 0 unspecified atom stereocenters. The number of rotatable bonds is 11. The first-order valence-corrected chi connectivity index (χ1v) is 12.5. The van der Waals surface area contributed by atoms with Gasteiger partial charge in [0, 0.05) is 11.6 Å². The molecule has 9 nitrogen and oxygen atoms in total. The van der Waals surface area contributed by atoms with Gasteiger partial charge >= 0.3 is 16.1 Å². The average Bonchev–Trinajstić information content (AvgIpc) is 3.27. The maximum Gasteiger partial charge on any atom is 0.350 e. The van der Waals surface area contributed by atoms with E-state index in [-0.39, 0.29) is 19.0 Å². The lowest BCUT2D eigenvalue weighted by Crippen LogP contribution is -2.42. The van der Waals surface area contributed by atoms with Gasteiger partial charge in [0.25, 0.3) is 0 Å². The van der Waals surface area contributed by atoms with Crippen molar-refractivity contribution in [1.82, 2.24) is 5.16 Å². The van der Waals surface area contributed by atoms with E-state index in [0.717, 1.165) is 11.8 Å². The number of ether oxygens (including phenoxy) is 3. The molecule has 0 aliphatic carbocycles. The van der Waals surface area contributed by atoms with Gasteiger partial charge in [-0.15, -0.1) is 0 Å². The van der Waals surface area contributed by atoms with Crippen molar-refractivity contribution in [3.63, 3.8) is 0 Å². The Morgan fingerprint density at radius 1 is 1.00 bits per heavy atom. The smallest absolute Gasteiger partial charge is 0.350 e. The van der Waals surface area contributed by atoms with Gasteiger partial charge in [0.05, 0.1) is 12.9 Å². The maximum absolute atomic E-state index is 12.2. The molecule has 0 saturated carbocycles. The molecular weight excluding hydrogens is 462 g/mol. The van der Waals surface area contributed by atoms with E-state index in [1.54, 1.807) is 56.3 Å². The van der Waals surface area contributed by atoms with Crippen LogP contribution in [0.5, 0.6) is 17.2 Å². The zero-order chi connectivity index (χ0) is 24.8. The van der Waals surface area contributed by atoms with E-state index in [1.807, 2.05) is 6.92 Å². The van der Waals surface area contributed by atoms with Crippen LogP contribution < -0.4 is 13.7 Å². The highest BCUT2D eigenvalue weighted by Gasteiger charge is 2.35. The Bertz CT molecular complexity index is 1200. The first-order valence-electron chi connectivity index (χ1n) is 10.7. The molecule has 34 heavy (non-hydrogen) atoms. The summed E-state index contributed by atoms with van der Waals surface area (Å²) in [5.74, 6) is 1.42. The van der Waals surface area contributed by atoms with Crippen LogP contribution in [-0.2, 0) is 26.3 Å². The van der Waals surface area contributed by atoms with Crippen molar-refractivity contribution in [1.29, 1.82) is 0 Å². The predicted octanol–water partition coefficient (Wildman–Crippen LogP) is 4.37. The molecule has 1 heterocycles. The van der Waals surface area contributed by atoms with E-state index in [9.17, 15) is 13.2 Å². The summed E-state index contributed by atoms with van der Waals surface area (Å²) in [6.07, 6.45) is 1.45. The third kappa shape index (κ3) is 6.74. The van der Waals surface area contributed by atoms with Crippen LogP contribution in [0.15, 0.2) is 59.1 Å². The van der Waals surface area contributed by atoms with E-state index in [1.165, 1.54) is 12.1 Å². The number of nitrogens with zero attached hydrogens (tertiary/aromatic N) is 1. The first-order chi connectivity index (χ1) is 16.1. The van der Waals surface area contributed by atoms with Crippen LogP contribution in [-0.4, -0.2) is 38.0 Å². The molecule has 0 spiro atoms. The Kier molecular flexibility index (Phi) is 7.83. The van der Waals surface area contributed by atoms with Gasteiger partial charge in [0.2, 0.25) is 5.60 Å². The summed E-state index contributed by atoms with van der Waals surface area (Å²) in [7, 11) is -3.58. The van der Waals surface area contributed by atoms with Gasteiger partial charge in [-0.3, -0.25) is 0 Å². The molecule has 10 heteroatoms. The Morgan fingerprint density at radius 3 is 2.21 bits per heavy atom. The number of benzene rings is 2. The fraction of sp³-hybridized carbons (Fsp3) is 0.333. The van der Waals surface area contributed by atoms with Gasteiger partial charge in [-0.05, 0) is 68.8 Å². The van der Waals surface area contributed by atoms with Crippen molar-refractivity contribution in [2.75, 3.05) is 12.9 Å². The highest BCUT2D eigenvalue weighted by molar-refractivity contribution is 7.86. The van der Waals surface area contributed by atoms with E-state index in [4.69, 9.17) is 22.9 Å². The lowest BCUT2D eigenvalue weighted by Gasteiger charge is -2.27. The zero-order valence-electron chi connectivity index (χ0n) is 19.4. The summed E-state index contributed by atoms with van der Waals surface area (Å²) in [4.78, 5) is 12.2. The minimum atomic E-state index is -3.58. The van der Waals surface area contributed by atoms with Gasteiger partial charge in [-0.25, -0.2) is 4.79 Å². The van der Waals surface area contributed by atoms with Crippen LogP contribution in [0.4, 0.5) is 0 Å². The SMILES string of the molecule is CCOC(=O)[C@@](C)(CC)Oc1ccc(OCc2cc(-c3ccc(OS(C)(=O)=O)cc3)no2)cc1. The normalized spacial score (nSPS) is 13.1. The molecule has 182 valence electrons. The molecule has 0 bridgehead atoms. The summed E-state index contributed by atoms with van der Waals surface area (Å²) >= 11 is 0. The van der Waals surface area contributed by atoms with Gasteiger partial charge in [0.1, 0.15) is 29.5 Å². The minimum absolute atomic E-state index is 0.151. The van der Waals surface area contributed by atoms with Gasteiger partial charge in [-0.2, -0.15) is 8.42 Å². The molecule has 0 radical (unpaired) electrons. The largest absolute Gasteiger partial charge is 0.486 e. The Morgan fingerprint density at radius 2 is 1.62 bits per heavy atom. The molecule has 0 saturated heterocycles. The van der Waals surface area contributed by atoms with Crippen LogP contribution in [0.25, 0.3) is 11.3 Å². The van der Waals surface area contributed by atoms with Crippen LogP contribution in [0.2, 0.25) is 0 Å². The van der Waals surface area contributed by atoms with E-state index < -0.39 is 21.7 Å². The number of hydrogen-bond donors (Lipinski definition) is 0. The summed E-state index contributed by atoms with van der Waals surface area (Å²) < 4.78 is 49.3. The standard InChI is InChI=1S/C24H27NO8S/c1-5-24(3,23(26)29-6-2)31-19-13-11-18(12-14-19)30-16-21-15-22(25-32-21)17-7-9-20(10-8-17)33-34(4,27)28/h7-15H,5-6,16H2,1-4H3/t24-/m1/s1. The quantitative estimate of drug-likeness (QED) is 0.286. The van der Waals surface area contributed by atoms with Gasteiger partial charge in [-0.1, -0.05) is 12.1 Å². The number of aromatic nitrogens is 1. The second kappa shape index (κ2) is 10.6. The fourth-order valence-electron chi connectivity index (χ4n) is 2.93. The fourth-order valence-corrected chi connectivity index (χ4v) is 3.39. The van der Waals surface area contributed by atoms with Gasteiger partial charge in [0.15, 0.2) is 5.76 Å².